The first-order valence-corrected chi connectivity index (χ1v) is 7.55. The highest BCUT2D eigenvalue weighted by molar-refractivity contribution is 7.14. The smallest absolute Gasteiger partial charge is 0.321 e. The largest absolute Gasteiger partial charge is 0.481 e. The van der Waals surface area contributed by atoms with Gasteiger partial charge in [0.25, 0.3) is 0 Å². The molecule has 2 amide bonds. The minimum Gasteiger partial charge on any atom is -0.481 e. The lowest BCUT2D eigenvalue weighted by molar-refractivity contribution is -0.149. The Labute approximate surface area is 131 Å². The Hall–Kier alpha value is -2.16. The number of amides is 2. The van der Waals surface area contributed by atoms with Crippen molar-refractivity contribution in [3.05, 3.63) is 11.1 Å². The van der Waals surface area contributed by atoms with Crippen LogP contribution < -0.4 is 10.6 Å². The number of carbonyl (C=O) groups excluding carboxylic acids is 2. The van der Waals surface area contributed by atoms with E-state index in [1.54, 1.807) is 26.2 Å². The van der Waals surface area contributed by atoms with Crippen LogP contribution in [0.2, 0.25) is 0 Å². The molecule has 0 saturated heterocycles. The number of anilines is 1. The van der Waals surface area contributed by atoms with Gasteiger partial charge in [0.15, 0.2) is 5.13 Å². The molecule has 0 aliphatic rings. The molecule has 0 bridgehead atoms. The number of nitrogens with zero attached hydrogens (tertiary/aromatic N) is 1. The summed E-state index contributed by atoms with van der Waals surface area (Å²) in [7, 11) is 0. The summed E-state index contributed by atoms with van der Waals surface area (Å²) in [5.74, 6) is -1.38. The minimum atomic E-state index is -0.993. The number of hydrogen-bond donors (Lipinski definition) is 3. The van der Waals surface area contributed by atoms with Gasteiger partial charge in [-0.2, -0.15) is 0 Å². The lowest BCUT2D eigenvalue weighted by Crippen LogP contribution is -2.32. The van der Waals surface area contributed by atoms with Gasteiger partial charge in [-0.25, -0.2) is 9.78 Å². The third-order valence-corrected chi connectivity index (χ3v) is 3.53. The standard InChI is InChI=1S/C13H19N3O5S/c1-4-21-10(19)13(2,3)8-7-22-12(15-8)16-11(20)14-6-5-9(17)18/h7H,4-6H2,1-3H3,(H,17,18)(H2,14,15,16,20). The van der Waals surface area contributed by atoms with E-state index < -0.39 is 23.4 Å². The van der Waals surface area contributed by atoms with Crippen LogP contribution in [0.5, 0.6) is 0 Å². The zero-order chi connectivity index (χ0) is 16.8. The van der Waals surface area contributed by atoms with Crippen LogP contribution in [0.15, 0.2) is 5.38 Å². The van der Waals surface area contributed by atoms with Crippen molar-refractivity contribution >= 4 is 34.4 Å². The van der Waals surface area contributed by atoms with E-state index in [1.165, 1.54) is 11.3 Å². The van der Waals surface area contributed by atoms with Gasteiger partial charge in [0.1, 0.15) is 5.41 Å². The number of carbonyl (C=O) groups is 3. The van der Waals surface area contributed by atoms with Crippen molar-refractivity contribution in [3.8, 4) is 0 Å². The van der Waals surface area contributed by atoms with E-state index in [-0.39, 0.29) is 19.6 Å². The van der Waals surface area contributed by atoms with E-state index in [1.807, 2.05) is 0 Å². The Balaban J connectivity index is 2.62. The molecule has 3 N–H and O–H groups in total. The Morgan fingerprint density at radius 3 is 2.68 bits per heavy atom. The second kappa shape index (κ2) is 7.74. The predicted molar refractivity (Wildman–Crippen MR) is 81.0 cm³/mol. The van der Waals surface area contributed by atoms with Gasteiger partial charge in [-0.1, -0.05) is 0 Å². The van der Waals surface area contributed by atoms with Crippen LogP contribution >= 0.6 is 11.3 Å². The zero-order valence-corrected chi connectivity index (χ0v) is 13.5. The molecule has 9 heteroatoms. The molecule has 0 atom stereocenters. The molecule has 0 spiro atoms. The van der Waals surface area contributed by atoms with Gasteiger partial charge >= 0.3 is 18.0 Å². The molecule has 0 aliphatic heterocycles. The SMILES string of the molecule is CCOC(=O)C(C)(C)c1csc(NC(=O)NCCC(=O)O)n1. The summed E-state index contributed by atoms with van der Waals surface area (Å²) in [5, 5.41) is 15.4. The Bertz CT molecular complexity index is 556. The minimum absolute atomic E-state index is 0.0215. The van der Waals surface area contributed by atoms with E-state index >= 15 is 0 Å². The number of urea groups is 1. The van der Waals surface area contributed by atoms with Gasteiger partial charge < -0.3 is 15.2 Å². The first-order valence-electron chi connectivity index (χ1n) is 6.67. The van der Waals surface area contributed by atoms with Crippen molar-refractivity contribution in [1.82, 2.24) is 10.3 Å². The summed E-state index contributed by atoms with van der Waals surface area (Å²) >= 11 is 1.17. The van der Waals surface area contributed by atoms with Crippen molar-refractivity contribution in [2.45, 2.75) is 32.6 Å². The lowest BCUT2D eigenvalue weighted by atomic mass is 9.90. The molecule has 0 fully saturated rings. The van der Waals surface area contributed by atoms with Crippen LogP contribution in [0, 0.1) is 0 Å². The average molecular weight is 329 g/mol. The summed E-state index contributed by atoms with van der Waals surface area (Å²) in [5.41, 5.74) is -0.413. The molecule has 0 saturated carbocycles. The summed E-state index contributed by atoms with van der Waals surface area (Å²) in [6.45, 7) is 5.41. The number of carboxylic acid groups (broad SMARTS) is 1. The average Bonchev–Trinajstić information content (AvgIpc) is 2.87. The number of aliphatic carboxylic acids is 1. The number of rotatable bonds is 7. The highest BCUT2D eigenvalue weighted by Gasteiger charge is 2.34. The zero-order valence-electron chi connectivity index (χ0n) is 12.6. The number of esters is 1. The van der Waals surface area contributed by atoms with Crippen LogP contribution in [0.4, 0.5) is 9.93 Å². The molecule has 1 heterocycles. The maximum Gasteiger partial charge on any atom is 0.321 e. The number of carboxylic acids is 1. The van der Waals surface area contributed by atoms with Gasteiger partial charge in [-0.05, 0) is 20.8 Å². The van der Waals surface area contributed by atoms with Gasteiger partial charge in [0, 0.05) is 11.9 Å². The Morgan fingerprint density at radius 2 is 2.09 bits per heavy atom. The maximum atomic E-state index is 11.9. The van der Waals surface area contributed by atoms with Crippen LogP contribution in [0.3, 0.4) is 0 Å². The summed E-state index contributed by atoms with van der Waals surface area (Å²) in [4.78, 5) is 38.0. The maximum absolute atomic E-state index is 11.9. The number of hydrogen-bond acceptors (Lipinski definition) is 6. The topological polar surface area (TPSA) is 118 Å². The Kier molecular flexibility index (Phi) is 6.29. The first kappa shape index (κ1) is 17.9. The summed E-state index contributed by atoms with van der Waals surface area (Å²) in [6.07, 6.45) is -0.160. The third kappa shape index (κ3) is 4.99. The fourth-order valence-corrected chi connectivity index (χ4v) is 2.33. The van der Waals surface area contributed by atoms with Crippen LogP contribution in [-0.4, -0.2) is 41.2 Å². The molecule has 0 unspecified atom stereocenters. The fourth-order valence-electron chi connectivity index (χ4n) is 1.46. The molecule has 0 aromatic carbocycles. The molecule has 122 valence electrons. The molecule has 8 nitrogen and oxygen atoms in total. The molecular weight excluding hydrogens is 310 g/mol. The van der Waals surface area contributed by atoms with E-state index in [0.717, 1.165) is 0 Å². The van der Waals surface area contributed by atoms with Crippen molar-refractivity contribution in [1.29, 1.82) is 0 Å². The molecule has 1 aromatic rings. The molecule has 0 radical (unpaired) electrons. The molecule has 0 aliphatic carbocycles. The summed E-state index contributed by atoms with van der Waals surface area (Å²) in [6, 6.07) is -0.545. The predicted octanol–water partition coefficient (Wildman–Crippen LogP) is 1.58. The van der Waals surface area contributed by atoms with Crippen LogP contribution in [0.25, 0.3) is 0 Å². The normalized spacial score (nSPS) is 10.9. The van der Waals surface area contributed by atoms with Crippen molar-refractivity contribution < 1.29 is 24.2 Å². The first-order chi connectivity index (χ1) is 10.3. The van der Waals surface area contributed by atoms with Crippen molar-refractivity contribution in [2.75, 3.05) is 18.5 Å². The molecule has 1 aromatic heterocycles. The quantitative estimate of drug-likeness (QED) is 0.654. The van der Waals surface area contributed by atoms with Gasteiger partial charge in [-0.3, -0.25) is 14.9 Å². The second-order valence-corrected chi connectivity index (χ2v) is 5.77. The number of aromatic nitrogens is 1. The number of thiazole rings is 1. The molecular formula is C13H19N3O5S. The number of nitrogens with one attached hydrogen (secondary N) is 2. The van der Waals surface area contributed by atoms with Gasteiger partial charge in [0.2, 0.25) is 0 Å². The van der Waals surface area contributed by atoms with Crippen LogP contribution in [-0.2, 0) is 19.7 Å². The van der Waals surface area contributed by atoms with E-state index in [2.05, 4.69) is 15.6 Å². The van der Waals surface area contributed by atoms with E-state index in [0.29, 0.717) is 10.8 Å². The van der Waals surface area contributed by atoms with Gasteiger partial charge in [0.05, 0.1) is 18.7 Å². The van der Waals surface area contributed by atoms with Crippen molar-refractivity contribution in [2.24, 2.45) is 0 Å². The van der Waals surface area contributed by atoms with E-state index in [4.69, 9.17) is 9.84 Å². The Morgan fingerprint density at radius 1 is 1.41 bits per heavy atom. The monoisotopic (exact) mass is 329 g/mol. The van der Waals surface area contributed by atoms with E-state index in [9.17, 15) is 14.4 Å². The van der Waals surface area contributed by atoms with Crippen molar-refractivity contribution in [3.63, 3.8) is 0 Å². The number of ether oxygens (including phenoxy) is 1. The third-order valence-electron chi connectivity index (χ3n) is 2.78. The highest BCUT2D eigenvalue weighted by atomic mass is 32.1. The fraction of sp³-hybridized carbons (Fsp3) is 0.538. The highest BCUT2D eigenvalue weighted by Crippen LogP contribution is 2.28. The second-order valence-electron chi connectivity index (χ2n) is 4.91. The molecule has 1 rings (SSSR count). The summed E-state index contributed by atoms with van der Waals surface area (Å²) < 4.78 is 5.00. The van der Waals surface area contributed by atoms with Gasteiger partial charge in [-0.15, -0.1) is 11.3 Å². The lowest BCUT2D eigenvalue weighted by Gasteiger charge is -2.19. The molecule has 22 heavy (non-hydrogen) atoms. The van der Waals surface area contributed by atoms with Crippen LogP contribution in [0.1, 0.15) is 32.9 Å².